The van der Waals surface area contributed by atoms with Crippen molar-refractivity contribution >= 4 is 17.5 Å². The molecule has 1 aromatic rings. The SMILES string of the molecule is CCC1(CC)NC(=O)CN(c2cc(C)ccc2F)C1=O. The molecule has 5 heteroatoms. The average Bonchev–Trinajstić information content (AvgIpc) is 2.44. The van der Waals surface area contributed by atoms with Crippen LogP contribution in [-0.2, 0) is 9.59 Å². The largest absolute Gasteiger partial charge is 0.340 e. The van der Waals surface area contributed by atoms with E-state index in [0.717, 1.165) is 5.56 Å². The summed E-state index contributed by atoms with van der Waals surface area (Å²) in [6.45, 7) is 5.38. The minimum Gasteiger partial charge on any atom is -0.340 e. The standard InChI is InChI=1S/C15H19FN2O2/c1-4-15(5-2)14(20)18(9-13(19)17-15)12-8-10(3)6-7-11(12)16/h6-8H,4-5,9H2,1-3H3,(H,17,19). The van der Waals surface area contributed by atoms with Gasteiger partial charge in [-0.1, -0.05) is 19.9 Å². The van der Waals surface area contributed by atoms with Crippen molar-refractivity contribution in [1.29, 1.82) is 0 Å². The molecule has 0 atom stereocenters. The topological polar surface area (TPSA) is 49.4 Å². The van der Waals surface area contributed by atoms with E-state index >= 15 is 0 Å². The molecule has 0 aliphatic carbocycles. The van der Waals surface area contributed by atoms with E-state index < -0.39 is 11.4 Å². The molecule has 20 heavy (non-hydrogen) atoms. The number of carbonyl (C=O) groups is 2. The van der Waals surface area contributed by atoms with Gasteiger partial charge in [0.05, 0.1) is 5.69 Å². The molecule has 4 nitrogen and oxygen atoms in total. The van der Waals surface area contributed by atoms with Gasteiger partial charge in [0.2, 0.25) is 5.91 Å². The van der Waals surface area contributed by atoms with Crippen molar-refractivity contribution in [3.63, 3.8) is 0 Å². The highest BCUT2D eigenvalue weighted by atomic mass is 19.1. The molecular formula is C15H19FN2O2. The summed E-state index contributed by atoms with van der Waals surface area (Å²) in [4.78, 5) is 25.8. The molecule has 1 heterocycles. The quantitative estimate of drug-likeness (QED) is 0.921. The number of nitrogens with zero attached hydrogens (tertiary/aromatic N) is 1. The van der Waals surface area contributed by atoms with E-state index in [1.807, 2.05) is 20.8 Å². The van der Waals surface area contributed by atoms with Crippen LogP contribution in [0, 0.1) is 12.7 Å². The highest BCUT2D eigenvalue weighted by Crippen LogP contribution is 2.28. The van der Waals surface area contributed by atoms with Crippen molar-refractivity contribution in [3.05, 3.63) is 29.6 Å². The van der Waals surface area contributed by atoms with Gasteiger partial charge in [-0.15, -0.1) is 0 Å². The lowest BCUT2D eigenvalue weighted by Gasteiger charge is -2.41. The van der Waals surface area contributed by atoms with Crippen LogP contribution in [0.15, 0.2) is 18.2 Å². The van der Waals surface area contributed by atoms with Gasteiger partial charge in [-0.05, 0) is 37.5 Å². The molecule has 0 saturated carbocycles. The molecule has 0 radical (unpaired) electrons. The van der Waals surface area contributed by atoms with E-state index in [0.29, 0.717) is 12.8 Å². The Morgan fingerprint density at radius 2 is 1.95 bits per heavy atom. The number of rotatable bonds is 3. The van der Waals surface area contributed by atoms with E-state index in [1.54, 1.807) is 12.1 Å². The molecule has 0 bridgehead atoms. The normalized spacial score (nSPS) is 18.1. The summed E-state index contributed by atoms with van der Waals surface area (Å²) in [5, 5.41) is 2.76. The second-order valence-electron chi connectivity index (χ2n) is 5.18. The number of hydrogen-bond donors (Lipinski definition) is 1. The Bertz CT molecular complexity index is 553. The maximum Gasteiger partial charge on any atom is 0.253 e. The van der Waals surface area contributed by atoms with Crippen molar-refractivity contribution in [1.82, 2.24) is 5.32 Å². The molecule has 0 aromatic heterocycles. The molecule has 108 valence electrons. The third-order valence-electron chi connectivity index (χ3n) is 3.93. The van der Waals surface area contributed by atoms with Crippen LogP contribution >= 0.6 is 0 Å². The van der Waals surface area contributed by atoms with Crippen LogP contribution in [0.5, 0.6) is 0 Å². The van der Waals surface area contributed by atoms with E-state index in [2.05, 4.69) is 5.32 Å². The highest BCUT2D eigenvalue weighted by molar-refractivity contribution is 6.09. The first kappa shape index (κ1) is 14.5. The molecule has 1 aromatic carbocycles. The van der Waals surface area contributed by atoms with Crippen LogP contribution in [0.2, 0.25) is 0 Å². The van der Waals surface area contributed by atoms with Crippen LogP contribution in [0.25, 0.3) is 0 Å². The molecule has 0 unspecified atom stereocenters. The Balaban J connectivity index is 2.47. The number of piperazine rings is 1. The van der Waals surface area contributed by atoms with Gasteiger partial charge in [-0.25, -0.2) is 4.39 Å². The number of amides is 2. The smallest absolute Gasteiger partial charge is 0.253 e. The molecule has 1 aliphatic heterocycles. The molecular weight excluding hydrogens is 259 g/mol. The van der Waals surface area contributed by atoms with Gasteiger partial charge in [0.15, 0.2) is 0 Å². The van der Waals surface area contributed by atoms with Gasteiger partial charge in [-0.3, -0.25) is 14.5 Å². The van der Waals surface area contributed by atoms with Crippen molar-refractivity contribution in [2.75, 3.05) is 11.4 Å². The van der Waals surface area contributed by atoms with E-state index in [-0.39, 0.29) is 24.0 Å². The number of anilines is 1. The summed E-state index contributed by atoms with van der Waals surface area (Å²) in [7, 11) is 0. The third kappa shape index (κ3) is 2.28. The number of aryl methyl sites for hydroxylation is 1. The van der Waals surface area contributed by atoms with Crippen LogP contribution in [0.3, 0.4) is 0 Å². The minimum atomic E-state index is -0.925. The number of benzene rings is 1. The number of halogens is 1. The lowest BCUT2D eigenvalue weighted by atomic mass is 9.88. The van der Waals surface area contributed by atoms with Crippen LogP contribution in [0.1, 0.15) is 32.3 Å². The van der Waals surface area contributed by atoms with Crippen molar-refractivity contribution in [2.45, 2.75) is 39.2 Å². The third-order valence-corrected chi connectivity index (χ3v) is 3.93. The van der Waals surface area contributed by atoms with Crippen molar-refractivity contribution in [2.24, 2.45) is 0 Å². The number of carbonyl (C=O) groups excluding carboxylic acids is 2. The number of hydrogen-bond acceptors (Lipinski definition) is 2. The Morgan fingerprint density at radius 3 is 2.55 bits per heavy atom. The fraction of sp³-hybridized carbons (Fsp3) is 0.467. The zero-order chi connectivity index (χ0) is 14.9. The van der Waals surface area contributed by atoms with E-state index in [1.165, 1.54) is 11.0 Å². The number of nitrogens with one attached hydrogen (secondary N) is 1. The second kappa shape index (κ2) is 5.23. The maximum atomic E-state index is 14.0. The van der Waals surface area contributed by atoms with Gasteiger partial charge in [0.1, 0.15) is 17.9 Å². The van der Waals surface area contributed by atoms with Gasteiger partial charge < -0.3 is 5.32 Å². The van der Waals surface area contributed by atoms with E-state index in [9.17, 15) is 14.0 Å². The summed E-state index contributed by atoms with van der Waals surface area (Å²) in [6, 6.07) is 4.56. The first-order chi connectivity index (χ1) is 9.43. The summed E-state index contributed by atoms with van der Waals surface area (Å²) in [5.41, 5.74) is 0.0980. The monoisotopic (exact) mass is 278 g/mol. The molecule has 1 saturated heterocycles. The van der Waals surface area contributed by atoms with Crippen molar-refractivity contribution in [3.8, 4) is 0 Å². The molecule has 1 N–H and O–H groups in total. The maximum absolute atomic E-state index is 14.0. The first-order valence-electron chi connectivity index (χ1n) is 6.82. The van der Waals surface area contributed by atoms with Crippen LogP contribution in [0.4, 0.5) is 10.1 Å². The fourth-order valence-electron chi connectivity index (χ4n) is 2.59. The zero-order valence-electron chi connectivity index (χ0n) is 12.0. The lowest BCUT2D eigenvalue weighted by Crippen LogP contribution is -2.66. The lowest BCUT2D eigenvalue weighted by molar-refractivity contribution is -0.136. The highest BCUT2D eigenvalue weighted by Gasteiger charge is 2.45. The Hall–Kier alpha value is -1.91. The van der Waals surface area contributed by atoms with Crippen LogP contribution < -0.4 is 10.2 Å². The first-order valence-corrected chi connectivity index (χ1v) is 6.82. The van der Waals surface area contributed by atoms with Gasteiger partial charge in [-0.2, -0.15) is 0 Å². The molecule has 2 amide bonds. The molecule has 1 fully saturated rings. The molecule has 1 aliphatic rings. The summed E-state index contributed by atoms with van der Waals surface area (Å²) in [6.07, 6.45) is 0.968. The van der Waals surface area contributed by atoms with Crippen molar-refractivity contribution < 1.29 is 14.0 Å². The summed E-state index contributed by atoms with van der Waals surface area (Å²) < 4.78 is 14.0. The van der Waals surface area contributed by atoms with E-state index in [4.69, 9.17) is 0 Å². The fourth-order valence-corrected chi connectivity index (χ4v) is 2.59. The minimum absolute atomic E-state index is 0.138. The molecule has 2 rings (SSSR count). The zero-order valence-corrected chi connectivity index (χ0v) is 12.0. The predicted octanol–water partition coefficient (Wildman–Crippen LogP) is 2.16. The van der Waals surface area contributed by atoms with Gasteiger partial charge in [0, 0.05) is 0 Å². The van der Waals surface area contributed by atoms with Crippen LogP contribution in [-0.4, -0.2) is 23.9 Å². The Kier molecular flexibility index (Phi) is 3.79. The Morgan fingerprint density at radius 1 is 1.30 bits per heavy atom. The molecule has 0 spiro atoms. The summed E-state index contributed by atoms with van der Waals surface area (Å²) in [5.74, 6) is -0.986. The summed E-state index contributed by atoms with van der Waals surface area (Å²) >= 11 is 0. The predicted molar refractivity (Wildman–Crippen MR) is 74.9 cm³/mol. The second-order valence-corrected chi connectivity index (χ2v) is 5.18. The van der Waals surface area contributed by atoms with Gasteiger partial charge in [0.25, 0.3) is 5.91 Å². The Labute approximate surface area is 118 Å². The average molecular weight is 278 g/mol. The van der Waals surface area contributed by atoms with Gasteiger partial charge >= 0.3 is 0 Å².